The van der Waals surface area contributed by atoms with Gasteiger partial charge in [-0.2, -0.15) is 0 Å². The second-order valence-electron chi connectivity index (χ2n) is 4.44. The molecule has 2 nitrogen and oxygen atoms in total. The second kappa shape index (κ2) is 6.19. The number of ether oxygens (including phenoxy) is 1. The molecule has 0 bridgehead atoms. The summed E-state index contributed by atoms with van der Waals surface area (Å²) in [6.07, 6.45) is 2.47. The minimum absolute atomic E-state index is 0.544. The van der Waals surface area contributed by atoms with Crippen molar-refractivity contribution in [3.8, 4) is 0 Å². The molecular formula is C13H17BrClNO. The average molecular weight is 319 g/mol. The molecule has 1 unspecified atom stereocenters. The third-order valence-corrected chi connectivity index (χ3v) is 4.27. The Bertz CT molecular complexity index is 368. The standard InChI is InChI=1S/C13H17BrClNO/c1-17-8-11-12(14)5-10(6-13(11)15)9-3-2-4-16-7-9/h5-6,9,16H,2-4,7-8H2,1H3. The van der Waals surface area contributed by atoms with Gasteiger partial charge in [0.1, 0.15) is 0 Å². The van der Waals surface area contributed by atoms with Gasteiger partial charge in [0.2, 0.25) is 0 Å². The molecule has 94 valence electrons. The summed E-state index contributed by atoms with van der Waals surface area (Å²) in [7, 11) is 1.68. The van der Waals surface area contributed by atoms with Crippen LogP contribution in [0.3, 0.4) is 0 Å². The van der Waals surface area contributed by atoms with E-state index in [9.17, 15) is 0 Å². The smallest absolute Gasteiger partial charge is 0.0738 e. The summed E-state index contributed by atoms with van der Waals surface area (Å²) in [6, 6.07) is 4.26. The number of methoxy groups -OCH3 is 1. The third-order valence-electron chi connectivity index (χ3n) is 3.22. The third kappa shape index (κ3) is 3.22. The van der Waals surface area contributed by atoms with Gasteiger partial charge in [-0.15, -0.1) is 0 Å². The van der Waals surface area contributed by atoms with E-state index >= 15 is 0 Å². The number of benzene rings is 1. The number of nitrogens with one attached hydrogen (secondary N) is 1. The summed E-state index contributed by atoms with van der Waals surface area (Å²) in [5, 5.41) is 4.22. The van der Waals surface area contributed by atoms with Gasteiger partial charge in [-0.25, -0.2) is 0 Å². The zero-order chi connectivity index (χ0) is 12.3. The highest BCUT2D eigenvalue weighted by molar-refractivity contribution is 9.10. The Morgan fingerprint density at radius 3 is 2.94 bits per heavy atom. The van der Waals surface area contributed by atoms with Gasteiger partial charge in [0.05, 0.1) is 6.61 Å². The Morgan fingerprint density at radius 1 is 1.53 bits per heavy atom. The van der Waals surface area contributed by atoms with Crippen molar-refractivity contribution in [2.24, 2.45) is 0 Å². The molecule has 1 heterocycles. The second-order valence-corrected chi connectivity index (χ2v) is 5.70. The summed E-state index contributed by atoms with van der Waals surface area (Å²) in [5.74, 6) is 0.578. The lowest BCUT2D eigenvalue weighted by Gasteiger charge is -2.24. The molecule has 1 fully saturated rings. The zero-order valence-corrected chi connectivity index (χ0v) is 12.3. The molecule has 1 aromatic carbocycles. The molecule has 1 saturated heterocycles. The van der Waals surface area contributed by atoms with E-state index < -0.39 is 0 Å². The summed E-state index contributed by atoms with van der Waals surface area (Å²) >= 11 is 9.88. The number of hydrogen-bond donors (Lipinski definition) is 1. The van der Waals surface area contributed by atoms with Gasteiger partial charge in [-0.05, 0) is 43.0 Å². The lowest BCUT2D eigenvalue weighted by atomic mass is 9.91. The van der Waals surface area contributed by atoms with E-state index in [-0.39, 0.29) is 0 Å². The van der Waals surface area contributed by atoms with Crippen LogP contribution in [0.1, 0.15) is 29.9 Å². The monoisotopic (exact) mass is 317 g/mol. The average Bonchev–Trinajstić information content (AvgIpc) is 2.35. The van der Waals surface area contributed by atoms with E-state index in [0.717, 1.165) is 28.1 Å². The van der Waals surface area contributed by atoms with E-state index in [0.29, 0.717) is 12.5 Å². The maximum atomic E-state index is 6.30. The predicted molar refractivity (Wildman–Crippen MR) is 74.7 cm³/mol. The molecule has 0 radical (unpaired) electrons. The Hall–Kier alpha value is -0.0900. The highest BCUT2D eigenvalue weighted by atomic mass is 79.9. The van der Waals surface area contributed by atoms with Crippen LogP contribution >= 0.6 is 27.5 Å². The molecule has 0 saturated carbocycles. The van der Waals surface area contributed by atoms with Crippen LogP contribution in [0.25, 0.3) is 0 Å². The first-order chi connectivity index (χ1) is 8.22. The van der Waals surface area contributed by atoms with Crippen molar-refractivity contribution in [2.45, 2.75) is 25.4 Å². The molecule has 2 rings (SSSR count). The van der Waals surface area contributed by atoms with Crippen LogP contribution in [-0.4, -0.2) is 20.2 Å². The predicted octanol–water partition coefficient (Wildman–Crippen LogP) is 3.72. The van der Waals surface area contributed by atoms with Crippen molar-refractivity contribution in [1.82, 2.24) is 5.32 Å². The van der Waals surface area contributed by atoms with Crippen molar-refractivity contribution in [1.29, 1.82) is 0 Å². The number of rotatable bonds is 3. The first-order valence-corrected chi connectivity index (χ1v) is 7.07. The van der Waals surface area contributed by atoms with Crippen molar-refractivity contribution in [3.63, 3.8) is 0 Å². The quantitative estimate of drug-likeness (QED) is 0.917. The molecule has 1 aliphatic heterocycles. The summed E-state index contributed by atoms with van der Waals surface area (Å²) in [6.45, 7) is 2.72. The summed E-state index contributed by atoms with van der Waals surface area (Å²) in [4.78, 5) is 0. The Labute approximate surface area is 116 Å². The van der Waals surface area contributed by atoms with Gasteiger partial charge in [-0.1, -0.05) is 27.5 Å². The van der Waals surface area contributed by atoms with Crippen LogP contribution in [-0.2, 0) is 11.3 Å². The van der Waals surface area contributed by atoms with Crippen LogP contribution in [0, 0.1) is 0 Å². The minimum atomic E-state index is 0.544. The van der Waals surface area contributed by atoms with Gasteiger partial charge < -0.3 is 10.1 Å². The fourth-order valence-electron chi connectivity index (χ4n) is 2.28. The summed E-state index contributed by atoms with van der Waals surface area (Å²) < 4.78 is 6.20. The van der Waals surface area contributed by atoms with Gasteiger partial charge in [0.15, 0.2) is 0 Å². The first-order valence-electron chi connectivity index (χ1n) is 5.90. The zero-order valence-electron chi connectivity index (χ0n) is 9.93. The van der Waals surface area contributed by atoms with E-state index in [2.05, 4.69) is 33.4 Å². The molecule has 1 atom stereocenters. The SMILES string of the molecule is COCc1c(Cl)cc(C2CCCNC2)cc1Br. The van der Waals surface area contributed by atoms with Crippen LogP contribution in [0.2, 0.25) is 5.02 Å². The maximum absolute atomic E-state index is 6.30. The van der Waals surface area contributed by atoms with Gasteiger partial charge in [0, 0.05) is 28.7 Å². The number of halogens is 2. The molecule has 0 amide bonds. The van der Waals surface area contributed by atoms with Crippen molar-refractivity contribution in [3.05, 3.63) is 32.8 Å². The molecule has 1 aromatic rings. The normalized spacial score (nSPS) is 20.5. The van der Waals surface area contributed by atoms with Gasteiger partial charge in [-0.3, -0.25) is 0 Å². The van der Waals surface area contributed by atoms with E-state index in [1.807, 2.05) is 0 Å². The maximum Gasteiger partial charge on any atom is 0.0738 e. The van der Waals surface area contributed by atoms with Crippen LogP contribution in [0.5, 0.6) is 0 Å². The molecule has 1 aliphatic rings. The van der Waals surface area contributed by atoms with E-state index in [1.165, 1.54) is 18.4 Å². The summed E-state index contributed by atoms with van der Waals surface area (Å²) in [5.41, 5.74) is 2.34. The fourth-order valence-corrected chi connectivity index (χ4v) is 3.27. The van der Waals surface area contributed by atoms with E-state index in [4.69, 9.17) is 16.3 Å². The molecular weight excluding hydrogens is 302 g/mol. The Morgan fingerprint density at radius 2 is 2.35 bits per heavy atom. The molecule has 1 N–H and O–H groups in total. The van der Waals surface area contributed by atoms with Crippen LogP contribution in [0.4, 0.5) is 0 Å². The molecule has 4 heteroatoms. The fraction of sp³-hybridized carbons (Fsp3) is 0.538. The topological polar surface area (TPSA) is 21.3 Å². The largest absolute Gasteiger partial charge is 0.380 e. The van der Waals surface area contributed by atoms with Gasteiger partial charge in [0.25, 0.3) is 0 Å². The lowest BCUT2D eigenvalue weighted by Crippen LogP contribution is -2.28. The highest BCUT2D eigenvalue weighted by Crippen LogP contribution is 2.32. The van der Waals surface area contributed by atoms with Crippen LogP contribution < -0.4 is 5.32 Å². The van der Waals surface area contributed by atoms with Crippen molar-refractivity contribution >= 4 is 27.5 Å². The van der Waals surface area contributed by atoms with E-state index in [1.54, 1.807) is 7.11 Å². The van der Waals surface area contributed by atoms with Crippen molar-refractivity contribution in [2.75, 3.05) is 20.2 Å². The lowest BCUT2D eigenvalue weighted by molar-refractivity contribution is 0.184. The minimum Gasteiger partial charge on any atom is -0.380 e. The van der Waals surface area contributed by atoms with Crippen molar-refractivity contribution < 1.29 is 4.74 Å². The first kappa shape index (κ1) is 13.3. The Balaban J connectivity index is 2.24. The molecule has 17 heavy (non-hydrogen) atoms. The number of hydrogen-bond acceptors (Lipinski definition) is 2. The molecule has 0 spiro atoms. The van der Waals surface area contributed by atoms with Gasteiger partial charge >= 0.3 is 0 Å². The number of piperidine rings is 1. The Kier molecular flexibility index (Phi) is 4.86. The highest BCUT2D eigenvalue weighted by Gasteiger charge is 2.17. The van der Waals surface area contributed by atoms with Crippen LogP contribution in [0.15, 0.2) is 16.6 Å². The molecule has 0 aliphatic carbocycles. The molecule has 0 aromatic heterocycles.